The highest BCUT2D eigenvalue weighted by Gasteiger charge is 2.40. The van der Waals surface area contributed by atoms with Crippen LogP contribution in [0.25, 0.3) is 11.0 Å². The molecule has 0 atom stereocenters. The molecule has 0 aliphatic rings. The summed E-state index contributed by atoms with van der Waals surface area (Å²) in [5, 5.41) is 2.61. The highest BCUT2D eigenvalue weighted by Crippen LogP contribution is 2.38. The van der Waals surface area contributed by atoms with Crippen LogP contribution in [0.2, 0.25) is 0 Å². The quantitative estimate of drug-likeness (QED) is 0.316. The molecule has 0 aliphatic heterocycles. The Morgan fingerprint density at radius 3 is 2.39 bits per heavy atom. The minimum absolute atomic E-state index is 0.0601. The van der Waals surface area contributed by atoms with Gasteiger partial charge in [0, 0.05) is 11.8 Å². The molecule has 1 N–H and O–H groups in total. The molecule has 4 rings (SSSR count). The van der Waals surface area contributed by atoms with Crippen LogP contribution in [-0.2, 0) is 17.4 Å². The zero-order valence-electron chi connectivity index (χ0n) is 19.4. The number of carbonyl (C=O) groups excluding carboxylic acids is 1. The third-order valence-electron chi connectivity index (χ3n) is 5.36. The van der Waals surface area contributed by atoms with Crippen molar-refractivity contribution in [3.8, 4) is 17.2 Å². The first kappa shape index (κ1) is 24.8. The fourth-order valence-electron chi connectivity index (χ4n) is 3.54. The number of benzene rings is 3. The number of nitrogens with one attached hydrogen (secondary N) is 1. The van der Waals surface area contributed by atoms with Crippen molar-refractivity contribution < 1.29 is 31.9 Å². The van der Waals surface area contributed by atoms with E-state index in [0.717, 1.165) is 23.6 Å². The van der Waals surface area contributed by atoms with Crippen molar-refractivity contribution in [3.63, 3.8) is 0 Å². The smallest absolute Gasteiger partial charge is 0.453 e. The van der Waals surface area contributed by atoms with E-state index >= 15 is 0 Å². The topological polar surface area (TPSA) is 77.8 Å². The molecular weight excluding hydrogens is 475 g/mol. The van der Waals surface area contributed by atoms with E-state index in [1.165, 1.54) is 24.3 Å². The number of hydrogen-bond donors (Lipinski definition) is 1. The van der Waals surface area contributed by atoms with E-state index in [1.807, 2.05) is 26.0 Å². The van der Waals surface area contributed by atoms with Gasteiger partial charge in [0.2, 0.25) is 11.2 Å². The summed E-state index contributed by atoms with van der Waals surface area (Å²) in [6.07, 6.45) is -4.27. The van der Waals surface area contributed by atoms with Crippen LogP contribution in [0, 0.1) is 6.92 Å². The first-order valence-electron chi connectivity index (χ1n) is 11.1. The van der Waals surface area contributed by atoms with Crippen LogP contribution >= 0.6 is 0 Å². The average molecular weight is 497 g/mol. The van der Waals surface area contributed by atoms with E-state index in [9.17, 15) is 22.8 Å². The number of rotatable bonds is 7. The van der Waals surface area contributed by atoms with Gasteiger partial charge in [0.15, 0.2) is 6.61 Å². The maximum absolute atomic E-state index is 13.7. The van der Waals surface area contributed by atoms with Crippen molar-refractivity contribution >= 4 is 22.6 Å². The number of halogens is 3. The van der Waals surface area contributed by atoms with Gasteiger partial charge in [-0.05, 0) is 49.2 Å². The average Bonchev–Trinajstić information content (AvgIpc) is 2.85. The van der Waals surface area contributed by atoms with Crippen molar-refractivity contribution in [2.75, 3.05) is 11.9 Å². The van der Waals surface area contributed by atoms with E-state index in [2.05, 4.69) is 5.32 Å². The first-order chi connectivity index (χ1) is 17.2. The van der Waals surface area contributed by atoms with E-state index < -0.39 is 35.6 Å². The van der Waals surface area contributed by atoms with E-state index in [0.29, 0.717) is 5.69 Å². The normalized spacial score (nSPS) is 11.4. The van der Waals surface area contributed by atoms with Crippen molar-refractivity contribution in [2.45, 2.75) is 26.4 Å². The highest BCUT2D eigenvalue weighted by molar-refractivity contribution is 5.92. The van der Waals surface area contributed by atoms with Gasteiger partial charge < -0.3 is 19.2 Å². The lowest BCUT2D eigenvalue weighted by atomic mass is 10.1. The molecule has 0 saturated carbocycles. The fourth-order valence-corrected chi connectivity index (χ4v) is 3.54. The summed E-state index contributed by atoms with van der Waals surface area (Å²) in [4.78, 5) is 25.2. The number of amides is 1. The van der Waals surface area contributed by atoms with Gasteiger partial charge in [0.25, 0.3) is 11.7 Å². The predicted molar refractivity (Wildman–Crippen MR) is 129 cm³/mol. The van der Waals surface area contributed by atoms with Crippen LogP contribution in [0.1, 0.15) is 23.8 Å². The summed E-state index contributed by atoms with van der Waals surface area (Å²) < 4.78 is 57.1. The van der Waals surface area contributed by atoms with Crippen molar-refractivity contribution in [3.05, 3.63) is 93.8 Å². The van der Waals surface area contributed by atoms with Gasteiger partial charge in [-0.15, -0.1) is 0 Å². The molecule has 0 spiro atoms. The predicted octanol–water partition coefficient (Wildman–Crippen LogP) is 6.49. The molecule has 0 unspecified atom stereocenters. The Labute approximate surface area is 204 Å². The maximum atomic E-state index is 13.7. The van der Waals surface area contributed by atoms with Gasteiger partial charge in [0.05, 0.1) is 5.39 Å². The summed E-state index contributed by atoms with van der Waals surface area (Å²) >= 11 is 0. The largest absolute Gasteiger partial charge is 0.484 e. The third-order valence-corrected chi connectivity index (χ3v) is 5.36. The summed E-state index contributed by atoms with van der Waals surface area (Å²) in [6, 6.07) is 17.3. The second kappa shape index (κ2) is 10.2. The Hall–Kier alpha value is -4.27. The van der Waals surface area contributed by atoms with E-state index in [1.54, 1.807) is 24.3 Å². The third kappa shape index (κ3) is 5.51. The Bertz CT molecular complexity index is 1460. The molecule has 1 heterocycles. The van der Waals surface area contributed by atoms with Crippen LogP contribution in [0.3, 0.4) is 0 Å². The number of fused-ring (bicyclic) bond motifs is 1. The minimum atomic E-state index is -4.99. The van der Waals surface area contributed by atoms with Crippen LogP contribution < -0.4 is 20.2 Å². The number of alkyl halides is 3. The van der Waals surface area contributed by atoms with Gasteiger partial charge in [-0.2, -0.15) is 13.2 Å². The molecule has 36 heavy (non-hydrogen) atoms. The summed E-state index contributed by atoms with van der Waals surface area (Å²) in [6.45, 7) is 3.37. The van der Waals surface area contributed by atoms with E-state index in [-0.39, 0.29) is 22.5 Å². The highest BCUT2D eigenvalue weighted by atomic mass is 19.4. The van der Waals surface area contributed by atoms with Crippen LogP contribution in [0.4, 0.5) is 18.9 Å². The van der Waals surface area contributed by atoms with E-state index in [4.69, 9.17) is 13.9 Å². The Morgan fingerprint density at radius 2 is 1.69 bits per heavy atom. The second-order valence-corrected chi connectivity index (χ2v) is 8.01. The standard InChI is InChI=1S/C27H22F3NO5/c1-3-17-6-4-5-7-21(17)31-23(32)15-34-19-12-13-20-22(14-19)36-26(27(28,29)30)25(24(20)33)35-18-10-8-16(2)9-11-18/h4-14H,3,15H2,1-2H3,(H,31,32). The summed E-state index contributed by atoms with van der Waals surface area (Å²) in [7, 11) is 0. The zero-order chi connectivity index (χ0) is 25.9. The molecule has 9 heteroatoms. The zero-order valence-corrected chi connectivity index (χ0v) is 19.4. The lowest BCUT2D eigenvalue weighted by Crippen LogP contribution is -2.21. The monoisotopic (exact) mass is 497 g/mol. The molecule has 186 valence electrons. The molecule has 0 bridgehead atoms. The molecular formula is C27H22F3NO5. The summed E-state index contributed by atoms with van der Waals surface area (Å²) in [5.74, 6) is -2.85. The number of aryl methyl sites for hydroxylation is 2. The molecule has 0 aliphatic carbocycles. The van der Waals surface area contributed by atoms with Gasteiger partial charge in [-0.1, -0.05) is 42.8 Å². The molecule has 3 aromatic carbocycles. The first-order valence-corrected chi connectivity index (χ1v) is 11.1. The van der Waals surface area contributed by atoms with Crippen LogP contribution in [-0.4, -0.2) is 12.5 Å². The second-order valence-electron chi connectivity index (χ2n) is 8.01. The van der Waals surface area contributed by atoms with Crippen molar-refractivity contribution in [1.82, 2.24) is 0 Å². The fraction of sp³-hybridized carbons (Fsp3) is 0.185. The van der Waals surface area contributed by atoms with Gasteiger partial charge >= 0.3 is 6.18 Å². The molecule has 4 aromatic rings. The molecule has 1 amide bonds. The number of ether oxygens (including phenoxy) is 2. The number of anilines is 1. The lowest BCUT2D eigenvalue weighted by Gasteiger charge is -2.14. The number of carbonyl (C=O) groups is 1. The van der Waals surface area contributed by atoms with Crippen molar-refractivity contribution in [1.29, 1.82) is 0 Å². The summed E-state index contributed by atoms with van der Waals surface area (Å²) in [5.41, 5.74) is 1.14. The lowest BCUT2D eigenvalue weighted by molar-refractivity contribution is -0.154. The van der Waals surface area contributed by atoms with Crippen LogP contribution in [0.5, 0.6) is 17.2 Å². The van der Waals surface area contributed by atoms with Gasteiger partial charge in [0.1, 0.15) is 17.1 Å². The van der Waals surface area contributed by atoms with Gasteiger partial charge in [-0.25, -0.2) is 0 Å². The van der Waals surface area contributed by atoms with Crippen molar-refractivity contribution in [2.24, 2.45) is 0 Å². The molecule has 1 aromatic heterocycles. The Morgan fingerprint density at radius 1 is 1.00 bits per heavy atom. The van der Waals surface area contributed by atoms with Gasteiger partial charge in [-0.3, -0.25) is 9.59 Å². The number of hydrogen-bond acceptors (Lipinski definition) is 5. The van der Waals surface area contributed by atoms with Crippen LogP contribution in [0.15, 0.2) is 75.9 Å². The Balaban J connectivity index is 1.59. The molecule has 6 nitrogen and oxygen atoms in total. The molecule has 0 fully saturated rings. The Kier molecular flexibility index (Phi) is 7.00. The molecule has 0 radical (unpaired) electrons. The maximum Gasteiger partial charge on any atom is 0.453 e. The molecule has 0 saturated heterocycles. The SMILES string of the molecule is CCc1ccccc1NC(=O)COc1ccc2c(=O)c(Oc3ccc(C)cc3)c(C(F)(F)F)oc2c1. The number of para-hydroxylation sites is 1. The minimum Gasteiger partial charge on any atom is -0.484 e.